The standard InChI is InChI=1S/C18H24Cl2N2O7S/c1-3-29-17(23)12-21(4-7-27-2)18(24)13-10-16(15(20)11-14(13)19)30(25,26)22-5-8-28-9-6-22/h10-11H,3-9,12H2,1-2H3. The van der Waals surface area contributed by atoms with Gasteiger partial charge in [0.25, 0.3) is 5.91 Å². The smallest absolute Gasteiger partial charge is 0.325 e. The molecule has 0 atom stereocenters. The lowest BCUT2D eigenvalue weighted by atomic mass is 10.2. The number of hydrogen-bond acceptors (Lipinski definition) is 7. The van der Waals surface area contributed by atoms with Crippen LogP contribution in [0.2, 0.25) is 10.0 Å². The lowest BCUT2D eigenvalue weighted by molar-refractivity contribution is -0.143. The number of esters is 1. The molecule has 0 aromatic heterocycles. The molecule has 1 saturated heterocycles. The quantitative estimate of drug-likeness (QED) is 0.493. The number of hydrogen-bond donors (Lipinski definition) is 0. The molecule has 0 radical (unpaired) electrons. The van der Waals surface area contributed by atoms with Gasteiger partial charge in [-0.2, -0.15) is 4.31 Å². The fraction of sp³-hybridized carbons (Fsp3) is 0.556. The second-order valence-corrected chi connectivity index (χ2v) is 9.02. The Hall–Kier alpha value is -1.43. The molecule has 1 aromatic carbocycles. The summed E-state index contributed by atoms with van der Waals surface area (Å²) in [5.41, 5.74) is -0.0895. The zero-order valence-corrected chi connectivity index (χ0v) is 19.1. The molecule has 0 N–H and O–H groups in total. The van der Waals surface area contributed by atoms with Crippen LogP contribution in [0.1, 0.15) is 17.3 Å². The molecule has 0 unspecified atom stereocenters. The van der Waals surface area contributed by atoms with Gasteiger partial charge in [0.2, 0.25) is 10.0 Å². The maximum atomic E-state index is 13.1. The highest BCUT2D eigenvalue weighted by molar-refractivity contribution is 7.89. The van der Waals surface area contributed by atoms with Crippen LogP contribution in [0.5, 0.6) is 0 Å². The normalized spacial score (nSPS) is 15.1. The molecular weight excluding hydrogens is 459 g/mol. The Bertz CT molecular complexity index is 874. The number of benzene rings is 1. The summed E-state index contributed by atoms with van der Waals surface area (Å²) >= 11 is 12.4. The number of sulfonamides is 1. The largest absolute Gasteiger partial charge is 0.465 e. The third-order valence-corrected chi connectivity index (χ3v) is 6.99. The molecule has 168 valence electrons. The van der Waals surface area contributed by atoms with Gasteiger partial charge < -0.3 is 19.1 Å². The van der Waals surface area contributed by atoms with Gasteiger partial charge in [-0.05, 0) is 19.1 Å². The van der Waals surface area contributed by atoms with Crippen LogP contribution in [0.4, 0.5) is 0 Å². The Labute approximate surface area is 185 Å². The molecular formula is C18H24Cl2N2O7S. The minimum atomic E-state index is -3.96. The number of methoxy groups -OCH3 is 1. The van der Waals surface area contributed by atoms with E-state index in [4.69, 9.17) is 37.4 Å². The lowest BCUT2D eigenvalue weighted by Gasteiger charge is -2.27. The minimum absolute atomic E-state index is 0.0304. The molecule has 0 bridgehead atoms. The molecule has 0 aliphatic carbocycles. The topological polar surface area (TPSA) is 102 Å². The first-order valence-electron chi connectivity index (χ1n) is 9.23. The molecule has 30 heavy (non-hydrogen) atoms. The van der Waals surface area contributed by atoms with Crippen molar-refractivity contribution in [2.24, 2.45) is 0 Å². The van der Waals surface area contributed by atoms with E-state index in [9.17, 15) is 18.0 Å². The molecule has 1 aliphatic rings. The van der Waals surface area contributed by atoms with Gasteiger partial charge in [0.15, 0.2) is 0 Å². The Morgan fingerprint density at radius 3 is 2.47 bits per heavy atom. The highest BCUT2D eigenvalue weighted by Gasteiger charge is 2.31. The summed E-state index contributed by atoms with van der Waals surface area (Å²) in [5.74, 6) is -1.24. The van der Waals surface area contributed by atoms with E-state index in [0.717, 1.165) is 6.07 Å². The Morgan fingerprint density at radius 1 is 1.20 bits per heavy atom. The van der Waals surface area contributed by atoms with E-state index in [1.165, 1.54) is 22.4 Å². The number of carbonyl (C=O) groups excluding carboxylic acids is 2. The Morgan fingerprint density at radius 2 is 1.87 bits per heavy atom. The molecule has 1 aromatic rings. The van der Waals surface area contributed by atoms with Crippen LogP contribution in [-0.4, -0.2) is 89.2 Å². The summed E-state index contributed by atoms with van der Waals surface area (Å²) < 4.78 is 42.4. The zero-order chi connectivity index (χ0) is 22.3. The van der Waals surface area contributed by atoms with Crippen LogP contribution < -0.4 is 0 Å². The van der Waals surface area contributed by atoms with Gasteiger partial charge >= 0.3 is 5.97 Å². The second kappa shape index (κ2) is 11.3. The van der Waals surface area contributed by atoms with Crippen LogP contribution in [0, 0.1) is 0 Å². The van der Waals surface area contributed by atoms with Crippen molar-refractivity contribution in [2.45, 2.75) is 11.8 Å². The van der Waals surface area contributed by atoms with E-state index in [1.54, 1.807) is 6.92 Å². The van der Waals surface area contributed by atoms with Crippen LogP contribution in [-0.2, 0) is 29.0 Å². The maximum absolute atomic E-state index is 13.1. The number of carbonyl (C=O) groups is 2. The van der Waals surface area contributed by atoms with Crippen molar-refractivity contribution in [3.8, 4) is 0 Å². The van der Waals surface area contributed by atoms with Gasteiger partial charge in [-0.1, -0.05) is 23.2 Å². The summed E-state index contributed by atoms with van der Waals surface area (Å²) in [6, 6.07) is 2.35. The number of nitrogens with zero attached hydrogens (tertiary/aromatic N) is 2. The first-order chi connectivity index (χ1) is 14.2. The lowest BCUT2D eigenvalue weighted by Crippen LogP contribution is -2.41. The fourth-order valence-electron chi connectivity index (χ4n) is 2.80. The van der Waals surface area contributed by atoms with Crippen LogP contribution in [0.3, 0.4) is 0 Å². The predicted octanol–water partition coefficient (Wildman–Crippen LogP) is 1.67. The molecule has 0 saturated carbocycles. The summed E-state index contributed by atoms with van der Waals surface area (Å²) in [4.78, 5) is 25.9. The fourth-order valence-corrected chi connectivity index (χ4v) is 5.04. The van der Waals surface area contributed by atoms with Crippen molar-refractivity contribution in [1.29, 1.82) is 0 Å². The van der Waals surface area contributed by atoms with Crippen LogP contribution >= 0.6 is 23.2 Å². The molecule has 12 heteroatoms. The van der Waals surface area contributed by atoms with Gasteiger partial charge in [0, 0.05) is 26.7 Å². The third kappa shape index (κ3) is 6.05. The molecule has 1 amide bonds. The highest BCUT2D eigenvalue weighted by atomic mass is 35.5. The van der Waals surface area contributed by atoms with Crippen molar-refractivity contribution < 1.29 is 32.2 Å². The maximum Gasteiger partial charge on any atom is 0.325 e. The number of ether oxygens (including phenoxy) is 3. The van der Waals surface area contributed by atoms with Crippen molar-refractivity contribution in [3.05, 3.63) is 27.7 Å². The second-order valence-electron chi connectivity index (χ2n) is 6.30. The van der Waals surface area contributed by atoms with Crippen molar-refractivity contribution >= 4 is 45.1 Å². The van der Waals surface area contributed by atoms with E-state index in [-0.39, 0.29) is 73.1 Å². The monoisotopic (exact) mass is 482 g/mol. The van der Waals surface area contributed by atoms with Crippen LogP contribution in [0.25, 0.3) is 0 Å². The first kappa shape index (κ1) is 24.8. The molecule has 1 fully saturated rings. The van der Waals surface area contributed by atoms with Gasteiger partial charge in [0.1, 0.15) is 11.4 Å². The minimum Gasteiger partial charge on any atom is -0.465 e. The molecule has 1 aliphatic heterocycles. The molecule has 2 rings (SSSR count). The SMILES string of the molecule is CCOC(=O)CN(CCOC)C(=O)c1cc(S(=O)(=O)N2CCOCC2)c(Cl)cc1Cl. The summed E-state index contributed by atoms with van der Waals surface area (Å²) in [6.45, 7) is 2.60. The highest BCUT2D eigenvalue weighted by Crippen LogP contribution is 2.31. The molecule has 9 nitrogen and oxygen atoms in total. The van der Waals surface area contributed by atoms with Gasteiger partial charge in [0.05, 0.1) is 42.0 Å². The first-order valence-corrected chi connectivity index (χ1v) is 11.4. The van der Waals surface area contributed by atoms with Gasteiger partial charge in [-0.25, -0.2) is 8.42 Å². The summed E-state index contributed by atoms with van der Waals surface area (Å²) in [6.07, 6.45) is 0. The van der Waals surface area contributed by atoms with E-state index >= 15 is 0 Å². The third-order valence-electron chi connectivity index (χ3n) is 4.32. The van der Waals surface area contributed by atoms with E-state index in [0.29, 0.717) is 0 Å². The average Bonchev–Trinajstić information content (AvgIpc) is 2.71. The van der Waals surface area contributed by atoms with Crippen molar-refractivity contribution in [3.63, 3.8) is 0 Å². The summed E-state index contributed by atoms with van der Waals surface area (Å²) in [5, 5.41) is -0.130. The van der Waals surface area contributed by atoms with Gasteiger partial charge in [-0.3, -0.25) is 9.59 Å². The van der Waals surface area contributed by atoms with Gasteiger partial charge in [-0.15, -0.1) is 0 Å². The zero-order valence-electron chi connectivity index (χ0n) is 16.7. The van der Waals surface area contributed by atoms with Crippen LogP contribution in [0.15, 0.2) is 17.0 Å². The van der Waals surface area contributed by atoms with Crippen molar-refractivity contribution in [1.82, 2.24) is 9.21 Å². The average molecular weight is 483 g/mol. The number of rotatable bonds is 9. The predicted molar refractivity (Wildman–Crippen MR) is 110 cm³/mol. The van der Waals surface area contributed by atoms with E-state index in [1.807, 2.05) is 0 Å². The Balaban J connectivity index is 2.40. The molecule has 1 heterocycles. The molecule has 0 spiro atoms. The Kier molecular flexibility index (Phi) is 9.32. The number of morpholine rings is 1. The van der Waals surface area contributed by atoms with E-state index in [2.05, 4.69) is 0 Å². The number of halogens is 2. The van der Waals surface area contributed by atoms with Crippen molar-refractivity contribution in [2.75, 3.05) is 59.7 Å². The number of amides is 1. The van der Waals surface area contributed by atoms with E-state index < -0.39 is 21.9 Å². The summed E-state index contributed by atoms with van der Waals surface area (Å²) in [7, 11) is -2.51.